The van der Waals surface area contributed by atoms with Gasteiger partial charge in [-0.15, -0.1) is 0 Å². The molecule has 0 aliphatic carbocycles. The van der Waals surface area contributed by atoms with E-state index in [2.05, 4.69) is 10.6 Å². The Hall–Kier alpha value is -7.06. The second kappa shape index (κ2) is 13.7. The highest BCUT2D eigenvalue weighted by atomic mass is 16.5. The Morgan fingerprint density at radius 3 is 1.13 bits per heavy atom. The van der Waals surface area contributed by atoms with E-state index in [-0.39, 0.29) is 0 Å². The second-order valence-electron chi connectivity index (χ2n) is 12.3. The maximum atomic E-state index is 15.1. The van der Waals surface area contributed by atoms with Gasteiger partial charge < -0.3 is 20.1 Å². The number of benzene rings is 8. The van der Waals surface area contributed by atoms with Gasteiger partial charge in [0.05, 0.1) is 25.6 Å². The fourth-order valence-corrected chi connectivity index (χ4v) is 6.69. The van der Waals surface area contributed by atoms with Crippen molar-refractivity contribution in [1.29, 1.82) is 0 Å². The number of hydrazine groups is 1. The van der Waals surface area contributed by atoms with E-state index < -0.39 is 12.1 Å². The van der Waals surface area contributed by atoms with Gasteiger partial charge in [0.15, 0.2) is 0 Å². The Morgan fingerprint density at radius 2 is 0.750 bits per heavy atom. The number of nitrogens with zero attached hydrogens (tertiary/aromatic N) is 2. The van der Waals surface area contributed by atoms with Crippen molar-refractivity contribution in [2.24, 2.45) is 0 Å². The SMILES string of the molecule is COc1cc2ccccc2cc1N(C(=O)Nc1cccc2ccccc12)N(C(=O)Nc1cccc2ccccc12)c1cc2ccccc2cc1OC. The van der Waals surface area contributed by atoms with Gasteiger partial charge in [-0.1, -0.05) is 121 Å². The lowest BCUT2D eigenvalue weighted by Crippen LogP contribution is -2.54. The van der Waals surface area contributed by atoms with Gasteiger partial charge in [0.2, 0.25) is 0 Å². The van der Waals surface area contributed by atoms with E-state index in [4.69, 9.17) is 9.47 Å². The molecule has 0 saturated heterocycles. The van der Waals surface area contributed by atoms with Crippen molar-refractivity contribution in [3.8, 4) is 11.5 Å². The van der Waals surface area contributed by atoms with Gasteiger partial charge in [0.1, 0.15) is 22.9 Å². The topological polar surface area (TPSA) is 83.1 Å². The molecule has 4 amide bonds. The predicted octanol–water partition coefficient (Wildman–Crippen LogP) is 11.0. The number of nitrogens with one attached hydrogen (secondary N) is 2. The van der Waals surface area contributed by atoms with Gasteiger partial charge in [-0.25, -0.2) is 9.59 Å². The molecule has 8 nitrogen and oxygen atoms in total. The lowest BCUT2D eigenvalue weighted by Gasteiger charge is -2.36. The minimum atomic E-state index is -0.604. The fraction of sp³-hybridized carbons (Fsp3) is 0.0455. The summed E-state index contributed by atoms with van der Waals surface area (Å²) >= 11 is 0. The van der Waals surface area contributed by atoms with Crippen LogP contribution in [0.15, 0.2) is 158 Å². The van der Waals surface area contributed by atoms with Crippen molar-refractivity contribution in [2.75, 3.05) is 34.9 Å². The second-order valence-corrected chi connectivity index (χ2v) is 12.3. The van der Waals surface area contributed by atoms with Gasteiger partial charge in [0.25, 0.3) is 0 Å². The third kappa shape index (κ3) is 5.92. The Bertz CT molecular complexity index is 2450. The summed E-state index contributed by atoms with van der Waals surface area (Å²) in [4.78, 5) is 30.2. The zero-order valence-corrected chi connectivity index (χ0v) is 28.5. The molecule has 8 heteroatoms. The average molecular weight is 683 g/mol. The normalized spacial score (nSPS) is 11.0. The maximum absolute atomic E-state index is 15.1. The van der Waals surface area contributed by atoms with E-state index in [1.807, 2.05) is 158 Å². The molecule has 0 unspecified atom stereocenters. The summed E-state index contributed by atoms with van der Waals surface area (Å²) in [6, 6.07) is 48.8. The van der Waals surface area contributed by atoms with Crippen LogP contribution < -0.4 is 30.1 Å². The van der Waals surface area contributed by atoms with Crippen molar-refractivity contribution in [2.45, 2.75) is 0 Å². The largest absolute Gasteiger partial charge is 0.494 e. The maximum Gasteiger partial charge on any atom is 0.346 e. The molecule has 2 N–H and O–H groups in total. The molecule has 0 bridgehead atoms. The first-order chi connectivity index (χ1) is 25.5. The minimum Gasteiger partial charge on any atom is -0.494 e. The predicted molar refractivity (Wildman–Crippen MR) is 212 cm³/mol. The summed E-state index contributed by atoms with van der Waals surface area (Å²) in [5.74, 6) is 0.768. The quantitative estimate of drug-likeness (QED) is 0.171. The van der Waals surface area contributed by atoms with E-state index in [0.29, 0.717) is 34.2 Å². The van der Waals surface area contributed by atoms with Crippen LogP contribution >= 0.6 is 0 Å². The number of fused-ring (bicyclic) bond motifs is 4. The number of rotatable bonds is 6. The van der Waals surface area contributed by atoms with Crippen LogP contribution in [0.25, 0.3) is 43.1 Å². The summed E-state index contributed by atoms with van der Waals surface area (Å²) < 4.78 is 11.9. The van der Waals surface area contributed by atoms with Crippen LogP contribution in [0, 0.1) is 0 Å². The first kappa shape index (κ1) is 32.2. The first-order valence-corrected chi connectivity index (χ1v) is 16.8. The molecular formula is C44H34N4O4. The molecule has 0 aliphatic rings. The number of hydrogen-bond acceptors (Lipinski definition) is 4. The van der Waals surface area contributed by atoms with Crippen molar-refractivity contribution < 1.29 is 19.1 Å². The van der Waals surface area contributed by atoms with Gasteiger partial charge in [-0.2, -0.15) is 10.0 Å². The van der Waals surface area contributed by atoms with Crippen molar-refractivity contribution in [3.63, 3.8) is 0 Å². The number of urea groups is 2. The lowest BCUT2D eigenvalue weighted by atomic mass is 10.1. The van der Waals surface area contributed by atoms with Crippen molar-refractivity contribution in [3.05, 3.63) is 158 Å². The first-order valence-electron chi connectivity index (χ1n) is 16.8. The van der Waals surface area contributed by atoms with Crippen LogP contribution in [-0.4, -0.2) is 26.3 Å². The van der Waals surface area contributed by atoms with E-state index in [1.54, 1.807) is 14.2 Å². The van der Waals surface area contributed by atoms with Crippen LogP contribution in [0.4, 0.5) is 32.3 Å². The van der Waals surface area contributed by atoms with E-state index in [9.17, 15) is 0 Å². The molecule has 8 rings (SSSR count). The monoisotopic (exact) mass is 682 g/mol. The third-order valence-corrected chi connectivity index (χ3v) is 9.20. The Morgan fingerprint density at radius 1 is 0.423 bits per heavy atom. The van der Waals surface area contributed by atoms with Crippen molar-refractivity contribution >= 4 is 77.9 Å². The fourth-order valence-electron chi connectivity index (χ4n) is 6.69. The number of ether oxygens (including phenoxy) is 2. The van der Waals surface area contributed by atoms with Gasteiger partial charge in [-0.3, -0.25) is 0 Å². The molecule has 0 radical (unpaired) electrons. The lowest BCUT2D eigenvalue weighted by molar-refractivity contribution is 0.248. The highest BCUT2D eigenvalue weighted by Crippen LogP contribution is 2.41. The third-order valence-electron chi connectivity index (χ3n) is 9.20. The summed E-state index contributed by atoms with van der Waals surface area (Å²) in [6.45, 7) is 0. The van der Waals surface area contributed by atoms with Crippen LogP contribution in [0.1, 0.15) is 0 Å². The zero-order chi connectivity index (χ0) is 35.6. The molecule has 52 heavy (non-hydrogen) atoms. The molecule has 0 aliphatic heterocycles. The zero-order valence-electron chi connectivity index (χ0n) is 28.5. The molecule has 8 aromatic rings. The molecule has 0 fully saturated rings. The molecule has 8 aromatic carbocycles. The number of methoxy groups -OCH3 is 2. The standard InChI is InChI=1S/C44H34N4O4/c1-51-41-27-33-17-5-3-15-31(33)25-39(41)47(43(49)45-37-23-11-19-29-13-7-9-21-35(29)37)48(40-26-32-16-4-6-18-34(32)28-42(40)52-2)44(50)46-38-24-12-20-30-14-8-10-22-36(30)38/h3-28H,1-2H3,(H,45,49)(H,46,50). The summed E-state index contributed by atoms with van der Waals surface area (Å²) in [7, 11) is 3.09. The molecule has 0 aromatic heterocycles. The van der Waals surface area contributed by atoms with Gasteiger partial charge >= 0.3 is 12.1 Å². The molecule has 0 spiro atoms. The summed E-state index contributed by atoms with van der Waals surface area (Å²) in [5.41, 5.74) is 1.82. The van der Waals surface area contributed by atoms with E-state index >= 15 is 9.59 Å². The molecule has 0 heterocycles. The highest BCUT2D eigenvalue weighted by Gasteiger charge is 2.35. The number of amides is 4. The van der Waals surface area contributed by atoms with E-state index in [1.165, 1.54) is 10.0 Å². The number of carbonyl (C=O) groups excluding carboxylic acids is 2. The van der Waals surface area contributed by atoms with Gasteiger partial charge in [-0.05, 0) is 68.7 Å². The van der Waals surface area contributed by atoms with Crippen molar-refractivity contribution in [1.82, 2.24) is 0 Å². The molecule has 0 saturated carbocycles. The van der Waals surface area contributed by atoms with Crippen LogP contribution in [-0.2, 0) is 0 Å². The minimum absolute atomic E-state index is 0.335. The number of anilines is 4. The van der Waals surface area contributed by atoms with Crippen LogP contribution in [0.5, 0.6) is 11.5 Å². The molecule has 0 atom stereocenters. The molecule has 254 valence electrons. The Labute approximate surface area is 300 Å². The number of carbonyl (C=O) groups is 2. The summed E-state index contributed by atoms with van der Waals surface area (Å²) in [5, 5.41) is 16.0. The Kier molecular flexibility index (Phi) is 8.46. The average Bonchev–Trinajstić information content (AvgIpc) is 3.19. The molecular weight excluding hydrogens is 649 g/mol. The van der Waals surface area contributed by atoms with Crippen LogP contribution in [0.3, 0.4) is 0 Å². The number of hydrogen-bond donors (Lipinski definition) is 2. The highest BCUT2D eigenvalue weighted by molar-refractivity contribution is 6.18. The summed E-state index contributed by atoms with van der Waals surface area (Å²) in [6.07, 6.45) is 0. The van der Waals surface area contributed by atoms with Gasteiger partial charge in [0, 0.05) is 10.8 Å². The van der Waals surface area contributed by atoms with E-state index in [0.717, 1.165) is 43.1 Å². The van der Waals surface area contributed by atoms with Crippen LogP contribution in [0.2, 0.25) is 0 Å². The Balaban J connectivity index is 1.37. The smallest absolute Gasteiger partial charge is 0.346 e.